The van der Waals surface area contributed by atoms with Gasteiger partial charge in [0.15, 0.2) is 0 Å². The Morgan fingerprint density at radius 2 is 1.12 bits per heavy atom. The van der Waals surface area contributed by atoms with Crippen molar-refractivity contribution in [1.29, 1.82) is 0 Å². The Hall–Kier alpha value is 0.656. The molecular formula is C15H23KO. The third kappa shape index (κ3) is 4.36. The van der Waals surface area contributed by atoms with Crippen LogP contribution in [0.3, 0.4) is 0 Å². The van der Waals surface area contributed by atoms with Crippen LogP contribution in [-0.4, -0.2) is 0 Å². The summed E-state index contributed by atoms with van der Waals surface area (Å²) in [4.78, 5) is 0. The Morgan fingerprint density at radius 1 is 0.824 bits per heavy atom. The quantitative estimate of drug-likeness (QED) is 0.627. The minimum absolute atomic E-state index is 0. The number of benzene rings is 1. The fraction of sp³-hybridized carbons (Fsp3) is 0.600. The molecule has 0 unspecified atom stereocenters. The Kier molecular flexibility index (Phi) is 5.97. The zero-order valence-corrected chi connectivity index (χ0v) is 15.7. The van der Waals surface area contributed by atoms with Crippen molar-refractivity contribution in [2.75, 3.05) is 0 Å². The maximum Gasteiger partial charge on any atom is 1.00 e. The van der Waals surface area contributed by atoms with E-state index in [4.69, 9.17) is 0 Å². The van der Waals surface area contributed by atoms with E-state index < -0.39 is 0 Å². The van der Waals surface area contributed by atoms with E-state index in [1.165, 1.54) is 5.56 Å². The molecule has 0 aliphatic carbocycles. The standard InChI is InChI=1S/C15H24O.K/c1-10-8-11(14(2,3)4)13(16)12(9-10)15(5,6)7;/h8-9,16H,1-7H3;/q;+1/p-1. The van der Waals surface area contributed by atoms with E-state index in [1.54, 1.807) is 0 Å². The normalized spacial score (nSPS) is 12.2. The molecule has 1 nitrogen and oxygen atoms in total. The first kappa shape index (κ1) is 17.7. The van der Waals surface area contributed by atoms with Crippen LogP contribution in [0.1, 0.15) is 58.2 Å². The van der Waals surface area contributed by atoms with Gasteiger partial charge < -0.3 is 5.11 Å². The van der Waals surface area contributed by atoms with E-state index in [0.717, 1.165) is 11.1 Å². The molecule has 0 atom stereocenters. The van der Waals surface area contributed by atoms with Crippen molar-refractivity contribution in [2.24, 2.45) is 0 Å². The van der Waals surface area contributed by atoms with Crippen LogP contribution in [0.2, 0.25) is 0 Å². The second kappa shape index (κ2) is 5.75. The van der Waals surface area contributed by atoms with E-state index in [1.807, 2.05) is 12.1 Å². The van der Waals surface area contributed by atoms with Crippen LogP contribution in [0.5, 0.6) is 5.75 Å². The first-order chi connectivity index (χ1) is 7.03. The summed E-state index contributed by atoms with van der Waals surface area (Å²) in [5, 5.41) is 12.4. The average Bonchev–Trinajstić information content (AvgIpc) is 2.04. The van der Waals surface area contributed by atoms with Crippen LogP contribution in [0.25, 0.3) is 0 Å². The molecule has 0 bridgehead atoms. The molecule has 0 aliphatic rings. The summed E-state index contributed by atoms with van der Waals surface area (Å²) in [6, 6.07) is 4.05. The molecule has 0 saturated carbocycles. The van der Waals surface area contributed by atoms with Crippen molar-refractivity contribution in [3.05, 3.63) is 28.8 Å². The molecule has 0 fully saturated rings. The van der Waals surface area contributed by atoms with Gasteiger partial charge >= 0.3 is 51.4 Å². The van der Waals surface area contributed by atoms with Gasteiger partial charge in [0.2, 0.25) is 0 Å². The molecule has 0 saturated heterocycles. The summed E-state index contributed by atoms with van der Waals surface area (Å²) >= 11 is 0. The topological polar surface area (TPSA) is 23.1 Å². The monoisotopic (exact) mass is 258 g/mol. The summed E-state index contributed by atoms with van der Waals surface area (Å²) < 4.78 is 0. The molecule has 1 aromatic carbocycles. The van der Waals surface area contributed by atoms with Crippen LogP contribution >= 0.6 is 0 Å². The van der Waals surface area contributed by atoms with Gasteiger partial charge in [-0.05, 0) is 28.9 Å². The van der Waals surface area contributed by atoms with Crippen LogP contribution < -0.4 is 56.5 Å². The maximum absolute atomic E-state index is 12.4. The summed E-state index contributed by atoms with van der Waals surface area (Å²) in [5.41, 5.74) is 2.87. The van der Waals surface area contributed by atoms with Gasteiger partial charge in [0.25, 0.3) is 0 Å². The molecular weight excluding hydrogens is 235 g/mol. The second-order valence-electron chi connectivity index (χ2n) is 6.69. The first-order valence-corrected chi connectivity index (χ1v) is 5.86. The molecule has 1 rings (SSSR count). The largest absolute Gasteiger partial charge is 1.00 e. The van der Waals surface area contributed by atoms with Crippen LogP contribution in [0.15, 0.2) is 12.1 Å². The molecule has 90 valence electrons. The van der Waals surface area contributed by atoms with Gasteiger partial charge in [-0.2, -0.15) is 0 Å². The van der Waals surface area contributed by atoms with Gasteiger partial charge in [-0.25, -0.2) is 0 Å². The Balaban J connectivity index is 0.00000256. The SMILES string of the molecule is Cc1cc(C(C)(C)C)c([O-])c(C(C)(C)C)c1.[K+]. The molecule has 0 N–H and O–H groups in total. The van der Waals surface area contributed by atoms with Crippen LogP contribution in [0.4, 0.5) is 0 Å². The van der Waals surface area contributed by atoms with Gasteiger partial charge in [-0.1, -0.05) is 59.2 Å². The van der Waals surface area contributed by atoms with Gasteiger partial charge in [0.05, 0.1) is 0 Å². The fourth-order valence-corrected chi connectivity index (χ4v) is 1.89. The maximum atomic E-state index is 12.4. The molecule has 1 aromatic rings. The fourth-order valence-electron chi connectivity index (χ4n) is 1.89. The summed E-state index contributed by atoms with van der Waals surface area (Å²) in [7, 11) is 0. The Bertz CT molecular complexity index is 359. The van der Waals surface area contributed by atoms with Crippen molar-refractivity contribution in [2.45, 2.75) is 59.3 Å². The second-order valence-corrected chi connectivity index (χ2v) is 6.69. The predicted octanol–water partition coefficient (Wildman–Crippen LogP) is 0.668. The first-order valence-electron chi connectivity index (χ1n) is 5.86. The molecule has 17 heavy (non-hydrogen) atoms. The predicted molar refractivity (Wildman–Crippen MR) is 68.0 cm³/mol. The molecule has 0 aromatic heterocycles. The van der Waals surface area contributed by atoms with Crippen molar-refractivity contribution >= 4 is 0 Å². The summed E-state index contributed by atoms with van der Waals surface area (Å²) in [6.07, 6.45) is 0. The Labute approximate surface area is 148 Å². The number of aryl methyl sites for hydroxylation is 1. The minimum atomic E-state index is -0.0803. The Morgan fingerprint density at radius 3 is 1.35 bits per heavy atom. The molecule has 0 radical (unpaired) electrons. The van der Waals surface area contributed by atoms with Crippen LogP contribution in [0, 0.1) is 6.92 Å². The summed E-state index contributed by atoms with van der Waals surface area (Å²) in [5.74, 6) is 0.214. The van der Waals surface area contributed by atoms with Gasteiger partial charge in [0, 0.05) is 0 Å². The van der Waals surface area contributed by atoms with E-state index >= 15 is 0 Å². The smallest absolute Gasteiger partial charge is 0.872 e. The van der Waals surface area contributed by atoms with E-state index in [2.05, 4.69) is 48.5 Å². The summed E-state index contributed by atoms with van der Waals surface area (Å²) in [6.45, 7) is 14.6. The molecule has 0 spiro atoms. The zero-order valence-electron chi connectivity index (χ0n) is 12.6. The van der Waals surface area contributed by atoms with Crippen molar-refractivity contribution in [1.82, 2.24) is 0 Å². The molecule has 2 heteroatoms. The number of rotatable bonds is 0. The third-order valence-electron chi connectivity index (χ3n) is 2.85. The van der Waals surface area contributed by atoms with Crippen molar-refractivity contribution in [3.63, 3.8) is 0 Å². The molecule has 0 amide bonds. The van der Waals surface area contributed by atoms with E-state index in [9.17, 15) is 5.11 Å². The average molecular weight is 258 g/mol. The van der Waals surface area contributed by atoms with Gasteiger partial charge in [-0.15, -0.1) is 5.75 Å². The van der Waals surface area contributed by atoms with Gasteiger partial charge in [0.1, 0.15) is 0 Å². The number of hydrogen-bond donors (Lipinski definition) is 0. The third-order valence-corrected chi connectivity index (χ3v) is 2.85. The minimum Gasteiger partial charge on any atom is -0.872 e. The van der Waals surface area contributed by atoms with Crippen molar-refractivity contribution < 1.29 is 56.5 Å². The molecule has 0 heterocycles. The number of hydrogen-bond acceptors (Lipinski definition) is 1. The van der Waals surface area contributed by atoms with E-state index in [0.29, 0.717) is 0 Å². The van der Waals surface area contributed by atoms with Crippen LogP contribution in [-0.2, 0) is 10.8 Å². The van der Waals surface area contributed by atoms with Crippen molar-refractivity contribution in [3.8, 4) is 5.75 Å². The van der Waals surface area contributed by atoms with Gasteiger partial charge in [-0.3, -0.25) is 0 Å². The van der Waals surface area contributed by atoms with E-state index in [-0.39, 0.29) is 68.0 Å². The zero-order chi connectivity index (χ0) is 12.7. The molecule has 0 aliphatic heterocycles.